The SMILES string of the molecule is CCCC[C@H]1C(=O)N(C)[C@@H](CCCC)C(=O)N[C@@H](CCC(=O)O)C(=O)N[C@H](C(=O)NCC(N)=O)CSCC(=O)N[C@@H](Cc2ccc(O)cc2)C(=O)N(C)[C@@H](C)C(=O)N[C@H](CC(N)=O)C(=O)N2CCC[C@H]2C(=O)N[C@@H](Cc2c[nH]cn2)C(=O)N[C@@H](CCC(N)=O)C(=O)N2C[C@H](O)C[C@H]2C(=O)N[C@@H](Cc2c[nH]c3ccccc23)C(=O)N[C@@H](CCN)C(=O)N[C@@H](Cc2c[nH]c3ccccc23)C(=O)N1C. The van der Waals surface area contributed by atoms with E-state index in [-0.39, 0.29) is 82.3 Å². The molecule has 6 aromatic rings. The van der Waals surface area contributed by atoms with Gasteiger partial charge in [-0.05, 0) is 99.4 Å². The lowest BCUT2D eigenvalue weighted by atomic mass is 9.99. The Bertz CT molecular complexity index is 5300. The fraction of sp³-hybridized carbons (Fsp3) is 0.511. The van der Waals surface area contributed by atoms with Crippen LogP contribution in [0.2, 0.25) is 0 Å². The molecule has 0 bridgehead atoms. The second-order valence-corrected chi connectivity index (χ2v) is 35.2. The van der Waals surface area contributed by atoms with E-state index >= 15 is 38.4 Å². The van der Waals surface area contributed by atoms with Crippen molar-refractivity contribution in [2.75, 3.05) is 58.8 Å². The van der Waals surface area contributed by atoms with Crippen LogP contribution in [-0.4, -0.2) is 322 Å². The number of thioether (sulfide) groups is 1. The van der Waals surface area contributed by atoms with Crippen LogP contribution in [0.15, 0.2) is 97.7 Å². The van der Waals surface area contributed by atoms with Crippen LogP contribution in [0.4, 0.5) is 0 Å². The number of nitrogens with two attached hydrogens (primary N) is 4. The van der Waals surface area contributed by atoms with Crippen LogP contribution in [0.1, 0.15) is 139 Å². The first-order chi connectivity index (χ1) is 64.8. The lowest BCUT2D eigenvalue weighted by Gasteiger charge is -2.36. The first kappa shape index (κ1) is 106. The molecule has 3 aliphatic heterocycles. The minimum absolute atomic E-state index is 0.0377. The number of hydrogen-bond donors (Lipinski definition) is 20. The molecule has 3 aliphatic rings. The number of carboxylic acid groups (broad SMARTS) is 1. The van der Waals surface area contributed by atoms with Crippen LogP contribution < -0.4 is 76.1 Å². The highest BCUT2D eigenvalue weighted by atomic mass is 32.2. The van der Waals surface area contributed by atoms with Crippen molar-refractivity contribution in [3.05, 3.63) is 120 Å². The van der Waals surface area contributed by atoms with Crippen molar-refractivity contribution in [2.45, 2.75) is 233 Å². The second-order valence-electron chi connectivity index (χ2n) is 34.2. The lowest BCUT2D eigenvalue weighted by molar-refractivity contribution is -0.149. The number of aliphatic carboxylic acids is 1. The fourth-order valence-electron chi connectivity index (χ4n) is 16.6. The van der Waals surface area contributed by atoms with Gasteiger partial charge in [-0.15, -0.1) is 11.8 Å². The number of imidazole rings is 1. The summed E-state index contributed by atoms with van der Waals surface area (Å²) in [4.78, 5) is 294. The summed E-state index contributed by atoms with van der Waals surface area (Å²) in [6.45, 7) is 3.08. The van der Waals surface area contributed by atoms with Gasteiger partial charge in [0.2, 0.25) is 106 Å². The number of aliphatic hydroxyl groups is 1. The number of aromatic amines is 3. The number of phenolic OH excluding ortho intramolecular Hbond substituents is 1. The Balaban J connectivity index is 1.11. The molecular weight excluding hydrogens is 1790 g/mol. The highest BCUT2D eigenvalue weighted by Gasteiger charge is 2.47. The van der Waals surface area contributed by atoms with Crippen molar-refractivity contribution in [1.29, 1.82) is 0 Å². The summed E-state index contributed by atoms with van der Waals surface area (Å²) >= 11 is 0.701. The molecule has 45 nitrogen and oxygen atoms in total. The van der Waals surface area contributed by atoms with E-state index in [1.54, 1.807) is 67.8 Å². The molecule has 3 aromatic carbocycles. The number of unbranched alkanes of at least 4 members (excludes halogenated alkanes) is 2. The van der Waals surface area contributed by atoms with Crippen molar-refractivity contribution < 1.29 is 106 Å². The summed E-state index contributed by atoms with van der Waals surface area (Å²) in [6.07, 6.45) is 0.436. The van der Waals surface area contributed by atoms with E-state index in [9.17, 15) is 68.1 Å². The summed E-state index contributed by atoms with van der Waals surface area (Å²) in [7, 11) is 3.81. The maximum Gasteiger partial charge on any atom is 0.303 e. The number of hydrogen-bond acceptors (Lipinski definition) is 24. The van der Waals surface area contributed by atoms with Gasteiger partial charge in [-0.25, -0.2) is 4.98 Å². The zero-order chi connectivity index (χ0) is 99.3. The van der Waals surface area contributed by atoms with Crippen molar-refractivity contribution >= 4 is 146 Å². The minimum atomic E-state index is -1.83. The maximum absolute atomic E-state index is 15.8. The number of benzene rings is 3. The van der Waals surface area contributed by atoms with E-state index in [0.717, 1.165) is 24.5 Å². The van der Waals surface area contributed by atoms with Gasteiger partial charge in [-0.1, -0.05) is 88.1 Å². The third-order valence-corrected chi connectivity index (χ3v) is 25.3. The standard InChI is InChI=1S/C90H123N23O22S/c1-7-9-20-68-83(128)102-59(28-30-76(120)121)79(124)108-67(78(123)98-43-74(94)118)45-136-46-75(119)100-64(34-49-23-25-53(114)26-24-49)86(131)109(4)48(3)77(122)106-66(39-73(93)117)89(134)112-33-15-22-69(112)84(129)105-63(37-52-42-95-47-99-52)82(127)103-61(27-29-72(92)116)88(133)113-44-54(115)38-71(113)85(130)104-62(35-50-40-96-57-18-13-11-16-55(50)57)81(126)101-60(31-32-91)80(125)107-65(36-51-41-97-58-19-14-12-17-56(51)58)87(132)111(6)70(21-10-8-2)90(135)110(68)5/h11-14,16-19,23-26,40-42,47-48,54,59-71,96-97,114-115H,7-10,15,20-22,27-39,43-46,91H2,1-6H3,(H2,92,116)(H2,93,117)(H2,94,118)(H,95,99)(H,98,123)(H,100,119)(H,101,126)(H,102,128)(H,103,127)(H,104,130)(H,105,129)(H,106,122)(H,107,125)(H,108,124)(H,120,121)/t48-,54+,59-,60-,61-,62-,63-,64-,65-,66+,67-,68-,69-,70-,71-/m0/s1. The number of aromatic hydroxyl groups is 1. The molecule has 3 fully saturated rings. The van der Waals surface area contributed by atoms with Crippen LogP contribution in [0.25, 0.3) is 21.8 Å². The summed E-state index contributed by atoms with van der Waals surface area (Å²) in [6, 6.07) is -3.25. The van der Waals surface area contributed by atoms with Crippen molar-refractivity contribution in [3.8, 4) is 5.75 Å². The molecule has 0 aliphatic carbocycles. The highest BCUT2D eigenvalue weighted by Crippen LogP contribution is 2.28. The lowest BCUT2D eigenvalue weighted by Crippen LogP contribution is -2.61. The van der Waals surface area contributed by atoms with Gasteiger partial charge in [-0.3, -0.25) is 91.1 Å². The van der Waals surface area contributed by atoms with Gasteiger partial charge in [0.1, 0.15) is 90.3 Å². The summed E-state index contributed by atoms with van der Waals surface area (Å²) in [5.41, 5.74) is 25.8. The molecule has 46 heteroatoms. The Labute approximate surface area is 787 Å². The third kappa shape index (κ3) is 29.2. The zero-order valence-corrected chi connectivity index (χ0v) is 77.4. The Morgan fingerprint density at radius 3 is 1.63 bits per heavy atom. The number of likely N-dealkylation sites (N-methyl/N-ethyl adjacent to an activating group) is 3. The Morgan fingerprint density at radius 1 is 0.515 bits per heavy atom. The smallest absolute Gasteiger partial charge is 0.303 e. The van der Waals surface area contributed by atoms with Gasteiger partial charge in [0, 0.05) is 125 Å². The number of carbonyl (C=O) groups is 19. The molecule has 24 N–H and O–H groups in total. The quantitative estimate of drug-likeness (QED) is 0.0236. The predicted octanol–water partition coefficient (Wildman–Crippen LogP) is -3.75. The maximum atomic E-state index is 15.8. The summed E-state index contributed by atoms with van der Waals surface area (Å²) in [5, 5.41) is 58.9. The molecule has 136 heavy (non-hydrogen) atoms. The number of aromatic nitrogens is 4. The normalized spacial score (nSPS) is 24.6. The fourth-order valence-corrected chi connectivity index (χ4v) is 17.5. The monoisotopic (exact) mass is 1910 g/mol. The van der Waals surface area contributed by atoms with Crippen LogP contribution in [0.3, 0.4) is 0 Å². The van der Waals surface area contributed by atoms with Crippen LogP contribution >= 0.6 is 11.8 Å². The molecule has 0 unspecified atom stereocenters. The first-order valence-corrected chi connectivity index (χ1v) is 46.2. The average Bonchev–Trinajstić information content (AvgIpc) is 1.64. The van der Waals surface area contributed by atoms with Gasteiger partial charge < -0.3 is 131 Å². The highest BCUT2D eigenvalue weighted by molar-refractivity contribution is 8.00. The first-order valence-electron chi connectivity index (χ1n) is 45.1. The minimum Gasteiger partial charge on any atom is -0.508 e. The van der Waals surface area contributed by atoms with Crippen molar-refractivity contribution in [1.82, 2.24) is 97.6 Å². The number of amides is 18. The van der Waals surface area contributed by atoms with E-state index in [2.05, 4.69) is 73.1 Å². The number of aliphatic hydroxyl groups excluding tert-OH is 1. The molecule has 0 saturated carbocycles. The van der Waals surface area contributed by atoms with E-state index in [1.807, 2.05) is 6.92 Å². The summed E-state index contributed by atoms with van der Waals surface area (Å²) < 4.78 is 0. The van der Waals surface area contributed by atoms with Gasteiger partial charge in [0.25, 0.3) is 0 Å². The number of nitrogens with one attached hydrogen (secondary N) is 13. The third-order valence-electron chi connectivity index (χ3n) is 24.2. The van der Waals surface area contributed by atoms with E-state index in [4.69, 9.17) is 22.9 Å². The van der Waals surface area contributed by atoms with Gasteiger partial charge in [0.05, 0.1) is 36.8 Å². The van der Waals surface area contributed by atoms with Crippen molar-refractivity contribution in [2.24, 2.45) is 22.9 Å². The number of H-pyrrole nitrogens is 3. The number of primary amides is 3. The number of rotatable bonds is 27. The van der Waals surface area contributed by atoms with E-state index < -0.39 is 273 Å². The molecule has 3 saturated heterocycles. The number of fused-ring (bicyclic) bond motifs is 4. The van der Waals surface area contributed by atoms with Crippen LogP contribution in [0, 0.1) is 0 Å². The number of phenols is 1. The Kier molecular flexibility index (Phi) is 39.1. The van der Waals surface area contributed by atoms with E-state index in [0.29, 0.717) is 69.5 Å². The Morgan fingerprint density at radius 2 is 1.04 bits per heavy atom. The number of carbonyl (C=O) groups excluding carboxylic acids is 18. The van der Waals surface area contributed by atoms with Crippen LogP contribution in [0.5, 0.6) is 5.75 Å². The second kappa shape index (κ2) is 50.3. The predicted molar refractivity (Wildman–Crippen MR) is 493 cm³/mol. The van der Waals surface area contributed by atoms with Crippen molar-refractivity contribution in [3.63, 3.8) is 0 Å². The number of carboxylic acids is 1. The topological polar surface area (TPSA) is 686 Å². The number of nitrogens with zero attached hydrogens (tertiary/aromatic N) is 6. The van der Waals surface area contributed by atoms with Gasteiger partial charge in [0.15, 0.2) is 0 Å². The zero-order valence-electron chi connectivity index (χ0n) is 76.6. The Hall–Kier alpha value is -14.1. The molecule has 9 rings (SSSR count). The summed E-state index contributed by atoms with van der Waals surface area (Å²) in [5.74, 6) is -20.7. The molecule has 18 amide bonds. The molecule has 6 heterocycles. The molecule has 15 atom stereocenters. The molecule has 736 valence electrons. The van der Waals surface area contributed by atoms with Crippen LogP contribution in [-0.2, 0) is 117 Å². The molecule has 3 aromatic heterocycles. The molecule has 0 radical (unpaired) electrons. The van der Waals surface area contributed by atoms with E-state index in [1.165, 1.54) is 64.9 Å². The average molecular weight is 1910 g/mol. The molecule has 0 spiro atoms. The van der Waals surface area contributed by atoms with Gasteiger partial charge in [-0.2, -0.15) is 0 Å². The number of para-hydroxylation sites is 2. The molecular formula is C90H123N23O22S. The van der Waals surface area contributed by atoms with Gasteiger partial charge >= 0.3 is 5.97 Å². The largest absolute Gasteiger partial charge is 0.508 e.